The topological polar surface area (TPSA) is 29.5 Å². The zero-order chi connectivity index (χ0) is 30.9. The molecule has 0 heterocycles. The number of hydrogen-bond donors (Lipinski definition) is 0. The van der Waals surface area contributed by atoms with Gasteiger partial charge in [0.2, 0.25) is 0 Å². The molecule has 4 heteroatoms. The van der Waals surface area contributed by atoms with Crippen molar-refractivity contribution in [1.29, 1.82) is 0 Å². The van der Waals surface area contributed by atoms with E-state index < -0.39 is 0 Å². The van der Waals surface area contributed by atoms with Crippen LogP contribution in [0.4, 0.5) is 0 Å². The average molecular weight is 624 g/mol. The van der Waals surface area contributed by atoms with Crippen molar-refractivity contribution in [3.05, 3.63) is 36.5 Å². The Hall–Kier alpha value is -1.06. The highest BCUT2D eigenvalue weighted by Gasteiger charge is 2.24. The molecule has 0 spiro atoms. The van der Waals surface area contributed by atoms with Crippen LogP contribution in [-0.2, 0) is 9.53 Å². The fourth-order valence-corrected chi connectivity index (χ4v) is 5.51. The SMILES string of the molecule is CCCCC/C=C\CCCC(CCC/C=C\CCCCC)C(CCC/C=C\CCCCC)OC(=O)CCCCN(C)C.Cl. The van der Waals surface area contributed by atoms with Crippen molar-refractivity contribution < 1.29 is 9.53 Å². The minimum absolute atomic E-state index is 0. The summed E-state index contributed by atoms with van der Waals surface area (Å²) in [4.78, 5) is 15.2. The van der Waals surface area contributed by atoms with Crippen LogP contribution in [0, 0.1) is 5.92 Å². The van der Waals surface area contributed by atoms with Crippen molar-refractivity contribution in [2.24, 2.45) is 5.92 Å². The van der Waals surface area contributed by atoms with Crippen molar-refractivity contribution in [3.63, 3.8) is 0 Å². The first-order valence-electron chi connectivity index (χ1n) is 18.3. The van der Waals surface area contributed by atoms with Crippen molar-refractivity contribution in [1.82, 2.24) is 4.90 Å². The summed E-state index contributed by atoms with van der Waals surface area (Å²) in [6.07, 6.45) is 42.4. The van der Waals surface area contributed by atoms with Gasteiger partial charge in [0.15, 0.2) is 0 Å². The Kier molecular flexibility index (Phi) is 36.3. The van der Waals surface area contributed by atoms with Crippen molar-refractivity contribution in [2.75, 3.05) is 20.6 Å². The fourth-order valence-electron chi connectivity index (χ4n) is 5.51. The van der Waals surface area contributed by atoms with Crippen molar-refractivity contribution in [3.8, 4) is 0 Å². The van der Waals surface area contributed by atoms with Crippen LogP contribution in [0.15, 0.2) is 36.5 Å². The molecule has 0 amide bonds. The van der Waals surface area contributed by atoms with Crippen LogP contribution >= 0.6 is 12.4 Å². The quantitative estimate of drug-likeness (QED) is 0.0437. The van der Waals surface area contributed by atoms with Crippen molar-refractivity contribution in [2.45, 2.75) is 181 Å². The molecule has 43 heavy (non-hydrogen) atoms. The number of unbranched alkanes of at least 4 members (excludes halogenated alkanes) is 13. The monoisotopic (exact) mass is 624 g/mol. The molecule has 0 fully saturated rings. The Balaban J connectivity index is 0. The molecule has 254 valence electrons. The Morgan fingerprint density at radius 2 is 0.953 bits per heavy atom. The largest absolute Gasteiger partial charge is 0.462 e. The molecule has 0 aromatic carbocycles. The second-order valence-corrected chi connectivity index (χ2v) is 12.7. The van der Waals surface area contributed by atoms with Gasteiger partial charge < -0.3 is 9.64 Å². The number of allylic oxidation sites excluding steroid dienone is 6. The van der Waals surface area contributed by atoms with Gasteiger partial charge >= 0.3 is 5.97 Å². The number of nitrogens with zero attached hydrogens (tertiary/aromatic N) is 1. The first-order chi connectivity index (χ1) is 20.5. The van der Waals surface area contributed by atoms with Gasteiger partial charge in [-0.2, -0.15) is 0 Å². The van der Waals surface area contributed by atoms with Gasteiger partial charge in [-0.05, 0) is 136 Å². The number of carbonyl (C=O) groups excluding carboxylic acids is 1. The third kappa shape index (κ3) is 32.2. The number of ether oxygens (including phenoxy) is 1. The van der Waals surface area contributed by atoms with E-state index in [4.69, 9.17) is 4.74 Å². The molecule has 0 rings (SSSR count). The maximum absolute atomic E-state index is 13.0. The minimum atomic E-state index is 0. The van der Waals surface area contributed by atoms with E-state index in [9.17, 15) is 4.79 Å². The molecule has 0 aromatic heterocycles. The van der Waals surface area contributed by atoms with Crippen LogP contribution in [0.25, 0.3) is 0 Å². The van der Waals surface area contributed by atoms with E-state index in [1.54, 1.807) is 0 Å². The molecule has 0 bridgehead atoms. The number of carbonyl (C=O) groups is 1. The molecule has 1 atom stereocenters. The first-order valence-corrected chi connectivity index (χ1v) is 18.3. The molecule has 0 aliphatic rings. The summed E-state index contributed by atoms with van der Waals surface area (Å²) in [5, 5.41) is 0. The summed E-state index contributed by atoms with van der Waals surface area (Å²) in [6, 6.07) is 0. The molecular weight excluding hydrogens is 550 g/mol. The summed E-state index contributed by atoms with van der Waals surface area (Å²) in [6.45, 7) is 7.82. The van der Waals surface area contributed by atoms with Crippen LogP contribution in [0.1, 0.15) is 175 Å². The van der Waals surface area contributed by atoms with Crippen molar-refractivity contribution >= 4 is 18.4 Å². The van der Waals surface area contributed by atoms with Gasteiger partial charge in [-0.3, -0.25) is 4.79 Å². The van der Waals surface area contributed by atoms with Crippen LogP contribution in [0.5, 0.6) is 0 Å². The maximum Gasteiger partial charge on any atom is 0.306 e. The van der Waals surface area contributed by atoms with Crippen LogP contribution < -0.4 is 0 Å². The van der Waals surface area contributed by atoms with E-state index in [0.717, 1.165) is 64.3 Å². The summed E-state index contributed by atoms with van der Waals surface area (Å²) in [5.41, 5.74) is 0. The summed E-state index contributed by atoms with van der Waals surface area (Å²) < 4.78 is 6.31. The van der Waals surface area contributed by atoms with Gasteiger partial charge in [-0.25, -0.2) is 0 Å². The lowest BCUT2D eigenvalue weighted by molar-refractivity contribution is -0.153. The normalized spacial score (nSPS) is 12.7. The van der Waals surface area contributed by atoms with Crippen LogP contribution in [0.2, 0.25) is 0 Å². The van der Waals surface area contributed by atoms with Crippen LogP contribution in [0.3, 0.4) is 0 Å². The lowest BCUT2D eigenvalue weighted by atomic mass is 9.87. The average Bonchev–Trinajstić information content (AvgIpc) is 2.97. The van der Waals surface area contributed by atoms with Gasteiger partial charge in [0.25, 0.3) is 0 Å². The molecule has 3 nitrogen and oxygen atoms in total. The number of hydrogen-bond acceptors (Lipinski definition) is 3. The molecule has 0 radical (unpaired) electrons. The number of esters is 1. The van der Waals surface area contributed by atoms with E-state index >= 15 is 0 Å². The molecule has 0 saturated heterocycles. The summed E-state index contributed by atoms with van der Waals surface area (Å²) >= 11 is 0. The lowest BCUT2D eigenvalue weighted by Crippen LogP contribution is -2.27. The second-order valence-electron chi connectivity index (χ2n) is 12.7. The van der Waals surface area contributed by atoms with Gasteiger partial charge in [0, 0.05) is 6.42 Å². The van der Waals surface area contributed by atoms with E-state index in [1.165, 1.54) is 89.9 Å². The third-order valence-corrected chi connectivity index (χ3v) is 8.22. The summed E-state index contributed by atoms with van der Waals surface area (Å²) in [5.74, 6) is 0.483. The zero-order valence-electron chi connectivity index (χ0n) is 29.5. The molecule has 0 saturated carbocycles. The number of halogens is 1. The Morgan fingerprint density at radius 3 is 1.35 bits per heavy atom. The standard InChI is InChI=1S/C39H73NO2.ClH/c1-6-9-12-15-18-21-24-27-32-37(33-28-25-22-19-16-13-10-7-2)38(34-29-26-23-20-17-14-11-8-3)42-39(41)35-30-31-36-40(4)5;/h18-23,37-38H,6-17,24-36H2,1-5H3;1H/b21-18-,22-19-,23-20-;. The van der Waals surface area contributed by atoms with E-state index in [1.807, 2.05) is 0 Å². The smallest absolute Gasteiger partial charge is 0.306 e. The van der Waals surface area contributed by atoms with E-state index in [2.05, 4.69) is 76.2 Å². The highest BCUT2D eigenvalue weighted by Crippen LogP contribution is 2.27. The predicted octanol–water partition coefficient (Wildman–Crippen LogP) is 12.6. The lowest BCUT2D eigenvalue weighted by Gasteiger charge is -2.27. The van der Waals surface area contributed by atoms with Gasteiger partial charge in [0.05, 0.1) is 0 Å². The molecule has 0 N–H and O–H groups in total. The second kappa shape index (κ2) is 35.4. The predicted molar refractivity (Wildman–Crippen MR) is 194 cm³/mol. The highest BCUT2D eigenvalue weighted by atomic mass is 35.5. The molecule has 0 aromatic rings. The van der Waals surface area contributed by atoms with Crippen LogP contribution in [-0.4, -0.2) is 37.6 Å². The molecule has 1 unspecified atom stereocenters. The first kappa shape index (κ1) is 44.1. The Labute approximate surface area is 276 Å². The van der Waals surface area contributed by atoms with Gasteiger partial charge in [-0.15, -0.1) is 12.4 Å². The zero-order valence-corrected chi connectivity index (χ0v) is 30.3. The Morgan fingerprint density at radius 1 is 0.558 bits per heavy atom. The molecule has 0 aliphatic carbocycles. The van der Waals surface area contributed by atoms with Gasteiger partial charge in [0.1, 0.15) is 6.10 Å². The summed E-state index contributed by atoms with van der Waals surface area (Å²) in [7, 11) is 4.19. The maximum atomic E-state index is 13.0. The third-order valence-electron chi connectivity index (χ3n) is 8.22. The fraction of sp³-hybridized carbons (Fsp3) is 0.821. The van der Waals surface area contributed by atoms with Gasteiger partial charge in [-0.1, -0.05) is 95.8 Å². The van der Waals surface area contributed by atoms with E-state index in [-0.39, 0.29) is 24.5 Å². The minimum Gasteiger partial charge on any atom is -0.462 e. The number of rotatable bonds is 31. The molecule has 0 aliphatic heterocycles. The highest BCUT2D eigenvalue weighted by molar-refractivity contribution is 5.85. The molecular formula is C39H74ClNO2. The van der Waals surface area contributed by atoms with E-state index in [0.29, 0.717) is 12.3 Å². The Bertz CT molecular complexity index is 632.